The monoisotopic (exact) mass is 279 g/mol. The number of hydrogen-bond donors (Lipinski definition) is 1. The van der Waals surface area contributed by atoms with E-state index < -0.39 is 23.4 Å². The van der Waals surface area contributed by atoms with Gasteiger partial charge in [-0.25, -0.2) is 13.2 Å². The van der Waals surface area contributed by atoms with Crippen LogP contribution in [0.15, 0.2) is 12.1 Å². The van der Waals surface area contributed by atoms with Crippen molar-refractivity contribution in [3.8, 4) is 0 Å². The molecule has 0 saturated heterocycles. The molecule has 0 bridgehead atoms. The lowest BCUT2D eigenvalue weighted by Gasteiger charge is -2.15. The SMILES string of the molecule is CCC(CCCl)NC(=O)c1cc(F)c(F)c(F)c1. The van der Waals surface area contributed by atoms with E-state index in [2.05, 4.69) is 5.32 Å². The molecule has 0 aliphatic rings. The number of amides is 1. The zero-order valence-electron chi connectivity index (χ0n) is 9.77. The Labute approximate surface area is 108 Å². The first-order valence-corrected chi connectivity index (χ1v) is 6.04. The van der Waals surface area contributed by atoms with Crippen LogP contribution < -0.4 is 5.32 Å². The van der Waals surface area contributed by atoms with Crippen molar-refractivity contribution in [3.63, 3.8) is 0 Å². The zero-order valence-corrected chi connectivity index (χ0v) is 10.5. The lowest BCUT2D eigenvalue weighted by Crippen LogP contribution is -2.34. The van der Waals surface area contributed by atoms with E-state index in [1.165, 1.54) is 0 Å². The third-order valence-electron chi connectivity index (χ3n) is 2.53. The molecule has 1 amide bonds. The summed E-state index contributed by atoms with van der Waals surface area (Å²) in [6.45, 7) is 1.85. The van der Waals surface area contributed by atoms with Gasteiger partial charge in [0.05, 0.1) is 0 Å². The van der Waals surface area contributed by atoms with Crippen LogP contribution in [0.2, 0.25) is 0 Å². The van der Waals surface area contributed by atoms with Gasteiger partial charge in [0.1, 0.15) is 0 Å². The molecule has 100 valence electrons. The van der Waals surface area contributed by atoms with Crippen molar-refractivity contribution in [2.24, 2.45) is 0 Å². The van der Waals surface area contributed by atoms with Crippen LogP contribution >= 0.6 is 11.6 Å². The maximum atomic E-state index is 13.0. The number of nitrogens with one attached hydrogen (secondary N) is 1. The average molecular weight is 280 g/mol. The summed E-state index contributed by atoms with van der Waals surface area (Å²) in [7, 11) is 0. The van der Waals surface area contributed by atoms with Crippen LogP contribution in [0.4, 0.5) is 13.2 Å². The van der Waals surface area contributed by atoms with Crippen LogP contribution in [0.3, 0.4) is 0 Å². The Morgan fingerprint density at radius 1 is 1.33 bits per heavy atom. The molecule has 0 aromatic heterocycles. The number of hydrogen-bond acceptors (Lipinski definition) is 1. The molecule has 0 radical (unpaired) electrons. The average Bonchev–Trinajstić information content (AvgIpc) is 2.34. The van der Waals surface area contributed by atoms with Crippen molar-refractivity contribution in [1.82, 2.24) is 5.32 Å². The Kier molecular flexibility index (Phi) is 5.47. The third kappa shape index (κ3) is 3.63. The maximum Gasteiger partial charge on any atom is 0.251 e. The normalized spacial score (nSPS) is 12.3. The fraction of sp³-hybridized carbons (Fsp3) is 0.417. The van der Waals surface area contributed by atoms with E-state index in [0.29, 0.717) is 30.9 Å². The van der Waals surface area contributed by atoms with Gasteiger partial charge >= 0.3 is 0 Å². The Balaban J connectivity index is 2.84. The number of rotatable bonds is 5. The molecule has 0 saturated carbocycles. The first kappa shape index (κ1) is 14.8. The summed E-state index contributed by atoms with van der Waals surface area (Å²) in [5, 5.41) is 2.58. The van der Waals surface area contributed by atoms with E-state index in [1.807, 2.05) is 6.92 Å². The molecule has 0 aliphatic carbocycles. The molecule has 1 N–H and O–H groups in total. The van der Waals surface area contributed by atoms with Gasteiger partial charge in [0.2, 0.25) is 0 Å². The molecule has 6 heteroatoms. The van der Waals surface area contributed by atoms with Gasteiger partial charge < -0.3 is 5.32 Å². The second-order valence-electron chi connectivity index (χ2n) is 3.81. The summed E-state index contributed by atoms with van der Waals surface area (Å²) >= 11 is 5.55. The van der Waals surface area contributed by atoms with E-state index in [4.69, 9.17) is 11.6 Å². The molecule has 0 fully saturated rings. The lowest BCUT2D eigenvalue weighted by molar-refractivity contribution is 0.0934. The first-order valence-electron chi connectivity index (χ1n) is 5.51. The number of carbonyl (C=O) groups is 1. The summed E-state index contributed by atoms with van der Waals surface area (Å²) in [6.07, 6.45) is 1.20. The quantitative estimate of drug-likeness (QED) is 0.651. The summed E-state index contributed by atoms with van der Waals surface area (Å²) in [5.74, 6) is -4.63. The Hall–Kier alpha value is -1.23. The minimum atomic E-state index is -1.58. The van der Waals surface area contributed by atoms with E-state index in [1.54, 1.807) is 0 Å². The van der Waals surface area contributed by atoms with Crippen LogP contribution in [-0.2, 0) is 0 Å². The molecule has 1 aromatic carbocycles. The van der Waals surface area contributed by atoms with Gasteiger partial charge in [-0.05, 0) is 25.0 Å². The van der Waals surface area contributed by atoms with Crippen LogP contribution in [-0.4, -0.2) is 17.8 Å². The van der Waals surface area contributed by atoms with Gasteiger partial charge in [-0.2, -0.15) is 0 Å². The van der Waals surface area contributed by atoms with E-state index in [-0.39, 0.29) is 11.6 Å². The van der Waals surface area contributed by atoms with Crippen LogP contribution in [0.25, 0.3) is 0 Å². The number of carbonyl (C=O) groups excluding carboxylic acids is 1. The molecule has 1 aromatic rings. The van der Waals surface area contributed by atoms with Gasteiger partial charge in [0, 0.05) is 17.5 Å². The smallest absolute Gasteiger partial charge is 0.251 e. The van der Waals surface area contributed by atoms with E-state index in [9.17, 15) is 18.0 Å². The third-order valence-corrected chi connectivity index (χ3v) is 2.75. The maximum absolute atomic E-state index is 13.0. The van der Waals surface area contributed by atoms with Gasteiger partial charge in [-0.1, -0.05) is 6.92 Å². The molecular formula is C12H13ClF3NO. The largest absolute Gasteiger partial charge is 0.349 e. The molecule has 0 heterocycles. The lowest BCUT2D eigenvalue weighted by atomic mass is 10.1. The van der Waals surface area contributed by atoms with Crippen molar-refractivity contribution >= 4 is 17.5 Å². The summed E-state index contributed by atoms with van der Waals surface area (Å²) in [5.41, 5.74) is -0.251. The Bertz CT molecular complexity index is 416. The van der Waals surface area contributed by atoms with E-state index >= 15 is 0 Å². The predicted octanol–water partition coefficient (Wildman–Crippen LogP) is 3.24. The summed E-state index contributed by atoms with van der Waals surface area (Å²) in [4.78, 5) is 11.7. The fourth-order valence-corrected chi connectivity index (χ4v) is 1.73. The van der Waals surface area contributed by atoms with Gasteiger partial charge in [0.25, 0.3) is 5.91 Å². The minimum Gasteiger partial charge on any atom is -0.349 e. The molecule has 18 heavy (non-hydrogen) atoms. The van der Waals surface area contributed by atoms with Crippen molar-refractivity contribution in [1.29, 1.82) is 0 Å². The van der Waals surface area contributed by atoms with Crippen molar-refractivity contribution in [2.75, 3.05) is 5.88 Å². The second kappa shape index (κ2) is 6.64. The van der Waals surface area contributed by atoms with Crippen molar-refractivity contribution in [2.45, 2.75) is 25.8 Å². The van der Waals surface area contributed by atoms with Gasteiger partial charge in [0.15, 0.2) is 17.5 Å². The topological polar surface area (TPSA) is 29.1 Å². The molecule has 0 aliphatic heterocycles. The first-order chi connectivity index (χ1) is 8.49. The molecule has 1 unspecified atom stereocenters. The number of benzene rings is 1. The highest BCUT2D eigenvalue weighted by atomic mass is 35.5. The van der Waals surface area contributed by atoms with Crippen LogP contribution in [0, 0.1) is 17.5 Å². The Morgan fingerprint density at radius 2 is 1.89 bits per heavy atom. The molecule has 1 rings (SSSR count). The summed E-state index contributed by atoms with van der Waals surface area (Å²) in [6, 6.07) is 1.16. The van der Waals surface area contributed by atoms with Crippen LogP contribution in [0.5, 0.6) is 0 Å². The predicted molar refractivity (Wildman–Crippen MR) is 63.2 cm³/mol. The fourth-order valence-electron chi connectivity index (χ4n) is 1.47. The Morgan fingerprint density at radius 3 is 2.33 bits per heavy atom. The zero-order chi connectivity index (χ0) is 13.7. The van der Waals surface area contributed by atoms with Gasteiger partial charge in [-0.3, -0.25) is 4.79 Å². The number of alkyl halides is 1. The minimum absolute atomic E-state index is 0.175. The highest BCUT2D eigenvalue weighted by Crippen LogP contribution is 2.14. The standard InChI is InChI=1S/C12H13ClF3NO/c1-2-8(3-4-13)17-12(18)7-5-9(14)11(16)10(15)6-7/h5-6,8H,2-4H2,1H3,(H,17,18). The molecular weight excluding hydrogens is 267 g/mol. The van der Waals surface area contributed by atoms with Crippen LogP contribution in [0.1, 0.15) is 30.1 Å². The van der Waals surface area contributed by atoms with Crippen molar-refractivity contribution in [3.05, 3.63) is 35.1 Å². The van der Waals surface area contributed by atoms with Crippen molar-refractivity contribution < 1.29 is 18.0 Å². The molecule has 2 nitrogen and oxygen atoms in total. The summed E-state index contributed by atoms with van der Waals surface area (Å²) < 4.78 is 38.6. The van der Waals surface area contributed by atoms with Gasteiger partial charge in [-0.15, -0.1) is 11.6 Å². The highest BCUT2D eigenvalue weighted by molar-refractivity contribution is 6.17. The van der Waals surface area contributed by atoms with E-state index in [0.717, 1.165) is 0 Å². The molecule has 0 spiro atoms. The highest BCUT2D eigenvalue weighted by Gasteiger charge is 2.17. The number of halogens is 4. The second-order valence-corrected chi connectivity index (χ2v) is 4.19. The molecule has 1 atom stereocenters.